The highest BCUT2D eigenvalue weighted by Gasteiger charge is 2.24. The van der Waals surface area contributed by atoms with Gasteiger partial charge in [0.1, 0.15) is 0 Å². The average molecular weight is 363 g/mol. The Morgan fingerprint density at radius 1 is 1.10 bits per heavy atom. The average Bonchev–Trinajstić information content (AvgIpc) is 2.46. The van der Waals surface area contributed by atoms with Gasteiger partial charge in [0.2, 0.25) is 0 Å². The molecule has 0 amide bonds. The van der Waals surface area contributed by atoms with Crippen molar-refractivity contribution in [3.8, 4) is 0 Å². The Morgan fingerprint density at radius 2 is 1.81 bits per heavy atom. The Hall–Kier alpha value is -0.970. The van der Waals surface area contributed by atoms with Crippen molar-refractivity contribution in [2.24, 2.45) is 0 Å². The molecule has 0 saturated carbocycles. The van der Waals surface area contributed by atoms with Crippen LogP contribution in [0.15, 0.2) is 56.7 Å². The maximum Gasteiger partial charge on any atom is 0.0554 e. The molecule has 0 spiro atoms. The predicted octanol–water partition coefficient (Wildman–Crippen LogP) is 5.00. The van der Waals surface area contributed by atoms with Crippen LogP contribution in [-0.4, -0.2) is 31.6 Å². The summed E-state index contributed by atoms with van der Waals surface area (Å²) in [6, 6.07) is 15.7. The fourth-order valence-corrected chi connectivity index (χ4v) is 4.08. The SMILES string of the molecule is CC(CN1c2ccccc2Sc2cc(Br)ccc21)N(C)C. The van der Waals surface area contributed by atoms with E-state index in [4.69, 9.17) is 0 Å². The van der Waals surface area contributed by atoms with E-state index in [2.05, 4.69) is 89.2 Å². The molecular formula is C17H19BrN2S. The number of rotatable bonds is 3. The lowest BCUT2D eigenvalue weighted by atomic mass is 10.2. The van der Waals surface area contributed by atoms with Crippen LogP contribution in [0.4, 0.5) is 11.4 Å². The van der Waals surface area contributed by atoms with Crippen molar-refractivity contribution in [2.75, 3.05) is 25.5 Å². The maximum atomic E-state index is 3.58. The number of likely N-dealkylation sites (N-methyl/N-ethyl adjacent to an activating group) is 1. The van der Waals surface area contributed by atoms with Crippen molar-refractivity contribution in [2.45, 2.75) is 22.8 Å². The smallest absolute Gasteiger partial charge is 0.0554 e. The van der Waals surface area contributed by atoms with E-state index in [1.165, 1.54) is 21.2 Å². The van der Waals surface area contributed by atoms with Gasteiger partial charge in [-0.25, -0.2) is 0 Å². The summed E-state index contributed by atoms with van der Waals surface area (Å²) in [6.07, 6.45) is 0. The van der Waals surface area contributed by atoms with Crippen LogP contribution in [0.1, 0.15) is 6.92 Å². The van der Waals surface area contributed by atoms with Crippen LogP contribution in [0.25, 0.3) is 0 Å². The van der Waals surface area contributed by atoms with Crippen molar-refractivity contribution < 1.29 is 0 Å². The normalized spacial score (nSPS) is 14.8. The third-order valence-corrected chi connectivity index (χ3v) is 5.52. The summed E-state index contributed by atoms with van der Waals surface area (Å²) < 4.78 is 1.13. The van der Waals surface area contributed by atoms with Crippen LogP contribution in [0.2, 0.25) is 0 Å². The Bertz CT molecular complexity index is 657. The van der Waals surface area contributed by atoms with Gasteiger partial charge >= 0.3 is 0 Å². The Kier molecular flexibility index (Phi) is 4.29. The predicted molar refractivity (Wildman–Crippen MR) is 94.9 cm³/mol. The van der Waals surface area contributed by atoms with Crippen LogP contribution in [0.3, 0.4) is 0 Å². The zero-order valence-electron chi connectivity index (χ0n) is 12.5. The van der Waals surface area contributed by atoms with Crippen LogP contribution in [0.5, 0.6) is 0 Å². The summed E-state index contributed by atoms with van der Waals surface area (Å²) in [4.78, 5) is 7.35. The first-order valence-corrected chi connectivity index (χ1v) is 8.67. The molecule has 1 atom stereocenters. The highest BCUT2D eigenvalue weighted by molar-refractivity contribution is 9.10. The van der Waals surface area contributed by atoms with Crippen molar-refractivity contribution in [3.63, 3.8) is 0 Å². The second-order valence-corrected chi connectivity index (χ2v) is 7.60. The number of anilines is 2. The molecule has 1 unspecified atom stereocenters. The second kappa shape index (κ2) is 6.03. The van der Waals surface area contributed by atoms with Crippen LogP contribution in [-0.2, 0) is 0 Å². The summed E-state index contributed by atoms with van der Waals surface area (Å²) in [5, 5.41) is 0. The highest BCUT2D eigenvalue weighted by Crippen LogP contribution is 2.48. The molecule has 0 N–H and O–H groups in total. The molecule has 0 saturated heterocycles. The van der Waals surface area contributed by atoms with E-state index in [1.54, 1.807) is 0 Å². The molecule has 0 aliphatic carbocycles. The molecule has 0 bridgehead atoms. The third kappa shape index (κ3) is 2.98. The van der Waals surface area contributed by atoms with Crippen LogP contribution >= 0.6 is 27.7 Å². The van der Waals surface area contributed by atoms with Crippen LogP contribution < -0.4 is 4.90 Å². The minimum Gasteiger partial charge on any atom is -0.338 e. The first-order valence-electron chi connectivity index (χ1n) is 7.06. The Balaban J connectivity index is 2.05. The Labute approximate surface area is 139 Å². The highest BCUT2D eigenvalue weighted by atomic mass is 79.9. The molecule has 0 fully saturated rings. The summed E-state index contributed by atoms with van der Waals surface area (Å²) in [7, 11) is 4.27. The van der Waals surface area contributed by atoms with Gasteiger partial charge in [-0.1, -0.05) is 39.8 Å². The molecule has 2 nitrogen and oxygen atoms in total. The lowest BCUT2D eigenvalue weighted by molar-refractivity contribution is 0.319. The molecule has 1 aliphatic rings. The third-order valence-electron chi connectivity index (χ3n) is 3.92. The zero-order valence-corrected chi connectivity index (χ0v) is 14.9. The molecule has 2 aromatic carbocycles. The van der Waals surface area contributed by atoms with Gasteiger partial charge in [-0.3, -0.25) is 0 Å². The summed E-state index contributed by atoms with van der Waals surface area (Å²) in [5.41, 5.74) is 2.61. The van der Waals surface area contributed by atoms with Gasteiger partial charge < -0.3 is 9.80 Å². The van der Waals surface area contributed by atoms with E-state index in [9.17, 15) is 0 Å². The zero-order chi connectivity index (χ0) is 15.0. The first kappa shape index (κ1) is 14.9. The monoisotopic (exact) mass is 362 g/mol. The fraction of sp³-hybridized carbons (Fsp3) is 0.294. The largest absolute Gasteiger partial charge is 0.338 e. The van der Waals surface area contributed by atoms with E-state index in [0.29, 0.717) is 6.04 Å². The molecule has 1 heterocycles. The maximum absolute atomic E-state index is 3.58. The lowest BCUT2D eigenvalue weighted by Gasteiger charge is -2.36. The first-order chi connectivity index (χ1) is 10.1. The van der Waals surface area contributed by atoms with E-state index in [-0.39, 0.29) is 0 Å². The molecule has 21 heavy (non-hydrogen) atoms. The number of hydrogen-bond acceptors (Lipinski definition) is 3. The summed E-state index contributed by atoms with van der Waals surface area (Å²) >= 11 is 5.43. The number of halogens is 1. The van der Waals surface area contributed by atoms with E-state index in [1.807, 2.05) is 11.8 Å². The van der Waals surface area contributed by atoms with Crippen molar-refractivity contribution >= 4 is 39.1 Å². The molecule has 1 aliphatic heterocycles. The molecule has 3 rings (SSSR count). The van der Waals surface area contributed by atoms with Crippen molar-refractivity contribution in [1.29, 1.82) is 0 Å². The van der Waals surface area contributed by atoms with Gasteiger partial charge in [0.15, 0.2) is 0 Å². The number of nitrogens with zero attached hydrogens (tertiary/aromatic N) is 2. The van der Waals surface area contributed by atoms with Gasteiger partial charge in [0.05, 0.1) is 11.4 Å². The van der Waals surface area contributed by atoms with Gasteiger partial charge in [-0.05, 0) is 51.4 Å². The van der Waals surface area contributed by atoms with E-state index in [0.717, 1.165) is 11.0 Å². The van der Waals surface area contributed by atoms with Crippen LogP contribution in [0, 0.1) is 0 Å². The summed E-state index contributed by atoms with van der Waals surface area (Å²) in [5.74, 6) is 0. The summed E-state index contributed by atoms with van der Waals surface area (Å²) in [6.45, 7) is 3.25. The van der Waals surface area contributed by atoms with Crippen molar-refractivity contribution in [3.05, 3.63) is 46.9 Å². The molecule has 2 aromatic rings. The standard InChI is InChI=1S/C17H19BrN2S/c1-12(19(2)3)11-20-14-6-4-5-7-16(14)21-17-10-13(18)8-9-15(17)20/h4-10,12H,11H2,1-3H3. The fourth-order valence-electron chi connectivity index (χ4n) is 2.43. The van der Waals surface area contributed by atoms with E-state index < -0.39 is 0 Å². The second-order valence-electron chi connectivity index (χ2n) is 5.61. The Morgan fingerprint density at radius 3 is 2.57 bits per heavy atom. The minimum atomic E-state index is 0.484. The van der Waals surface area contributed by atoms with Gasteiger partial charge in [-0.2, -0.15) is 0 Å². The van der Waals surface area contributed by atoms with Gasteiger partial charge in [0.25, 0.3) is 0 Å². The number of benzene rings is 2. The van der Waals surface area contributed by atoms with Gasteiger partial charge in [-0.15, -0.1) is 0 Å². The van der Waals surface area contributed by atoms with Gasteiger partial charge in [0, 0.05) is 26.9 Å². The topological polar surface area (TPSA) is 6.48 Å². The molecule has 0 aromatic heterocycles. The molecule has 110 valence electrons. The quantitative estimate of drug-likeness (QED) is 0.758. The minimum absolute atomic E-state index is 0.484. The lowest BCUT2D eigenvalue weighted by Crippen LogP contribution is -2.37. The molecule has 4 heteroatoms. The number of para-hydroxylation sites is 1. The van der Waals surface area contributed by atoms with E-state index >= 15 is 0 Å². The number of fused-ring (bicyclic) bond motifs is 2. The number of hydrogen-bond donors (Lipinski definition) is 0. The van der Waals surface area contributed by atoms with Crippen molar-refractivity contribution in [1.82, 2.24) is 4.90 Å². The molecule has 0 radical (unpaired) electrons. The molecular weight excluding hydrogens is 344 g/mol.